The van der Waals surface area contributed by atoms with Gasteiger partial charge in [0.2, 0.25) is 0 Å². The van der Waals surface area contributed by atoms with Gasteiger partial charge in [-0.1, -0.05) is 0 Å². The first-order valence-electron chi connectivity index (χ1n) is 7.60. The Bertz CT molecular complexity index is 457. The molecule has 1 aromatic rings. The van der Waals surface area contributed by atoms with Crippen LogP contribution >= 0.6 is 0 Å². The van der Waals surface area contributed by atoms with E-state index in [0.29, 0.717) is 11.5 Å². The minimum Gasteiger partial charge on any atom is -0.383 e. The first-order chi connectivity index (χ1) is 10.2. The van der Waals surface area contributed by atoms with Gasteiger partial charge in [0.1, 0.15) is 0 Å². The molecular formula is C16H25N3O2. The summed E-state index contributed by atoms with van der Waals surface area (Å²) in [5.41, 5.74) is 1.65. The Morgan fingerprint density at radius 3 is 2.86 bits per heavy atom. The number of nitrogens with zero attached hydrogens (tertiary/aromatic N) is 2. The average molecular weight is 291 g/mol. The molecule has 1 aliphatic rings. The molecule has 1 aromatic heterocycles. The zero-order chi connectivity index (χ0) is 15.1. The molecule has 0 bridgehead atoms. The monoisotopic (exact) mass is 291 g/mol. The lowest BCUT2D eigenvalue weighted by Crippen LogP contribution is -2.39. The van der Waals surface area contributed by atoms with Crippen LogP contribution in [-0.4, -0.2) is 55.7 Å². The topological polar surface area (TPSA) is 54.5 Å². The Labute approximate surface area is 126 Å². The van der Waals surface area contributed by atoms with Crippen molar-refractivity contribution >= 4 is 5.91 Å². The largest absolute Gasteiger partial charge is 0.383 e. The number of ether oxygens (including phenoxy) is 1. The maximum absolute atomic E-state index is 12.1. The second-order valence-electron chi connectivity index (χ2n) is 5.74. The molecule has 21 heavy (non-hydrogen) atoms. The van der Waals surface area contributed by atoms with Gasteiger partial charge in [-0.15, -0.1) is 0 Å². The van der Waals surface area contributed by atoms with E-state index in [-0.39, 0.29) is 5.91 Å². The molecule has 0 radical (unpaired) electrons. The summed E-state index contributed by atoms with van der Waals surface area (Å²) in [7, 11) is 1.74. The number of methoxy groups -OCH3 is 1. The molecule has 1 fully saturated rings. The number of rotatable bonds is 6. The third-order valence-corrected chi connectivity index (χ3v) is 4.01. The van der Waals surface area contributed by atoms with Gasteiger partial charge in [0.05, 0.1) is 12.2 Å². The molecule has 0 unspecified atom stereocenters. The molecule has 116 valence electrons. The van der Waals surface area contributed by atoms with Gasteiger partial charge in [-0.2, -0.15) is 0 Å². The van der Waals surface area contributed by atoms with E-state index in [9.17, 15) is 4.79 Å². The van der Waals surface area contributed by atoms with E-state index in [1.807, 2.05) is 13.0 Å². The molecule has 0 saturated carbocycles. The number of aryl methyl sites for hydroxylation is 1. The van der Waals surface area contributed by atoms with Crippen LogP contribution in [-0.2, 0) is 4.74 Å². The van der Waals surface area contributed by atoms with Gasteiger partial charge < -0.3 is 15.0 Å². The molecular weight excluding hydrogens is 266 g/mol. The van der Waals surface area contributed by atoms with E-state index < -0.39 is 0 Å². The summed E-state index contributed by atoms with van der Waals surface area (Å²) in [5.74, 6) is 0.554. The third-order valence-electron chi connectivity index (χ3n) is 4.01. The van der Waals surface area contributed by atoms with Crippen LogP contribution in [0.1, 0.15) is 28.8 Å². The number of pyridine rings is 1. The van der Waals surface area contributed by atoms with Gasteiger partial charge in [0.15, 0.2) is 0 Å². The smallest absolute Gasteiger partial charge is 0.252 e. The summed E-state index contributed by atoms with van der Waals surface area (Å²) in [4.78, 5) is 18.5. The minimum atomic E-state index is -0.0204. The van der Waals surface area contributed by atoms with Crippen molar-refractivity contribution in [1.82, 2.24) is 15.2 Å². The maximum atomic E-state index is 12.1. The summed E-state index contributed by atoms with van der Waals surface area (Å²) in [6, 6.07) is 1.87. The Hall–Kier alpha value is -1.46. The van der Waals surface area contributed by atoms with Crippen LogP contribution in [0.2, 0.25) is 0 Å². The van der Waals surface area contributed by atoms with Crippen molar-refractivity contribution in [1.29, 1.82) is 0 Å². The van der Waals surface area contributed by atoms with Gasteiger partial charge in [-0.25, -0.2) is 0 Å². The van der Waals surface area contributed by atoms with E-state index in [1.165, 1.54) is 0 Å². The second-order valence-corrected chi connectivity index (χ2v) is 5.74. The summed E-state index contributed by atoms with van der Waals surface area (Å²) in [6.07, 6.45) is 5.65. The number of nitrogens with one attached hydrogen (secondary N) is 1. The van der Waals surface area contributed by atoms with Crippen molar-refractivity contribution in [2.75, 3.05) is 39.9 Å². The quantitative estimate of drug-likeness (QED) is 0.862. The normalized spacial score (nSPS) is 16.9. The highest BCUT2D eigenvalue weighted by molar-refractivity contribution is 5.93. The van der Waals surface area contributed by atoms with E-state index in [0.717, 1.165) is 51.2 Å². The van der Waals surface area contributed by atoms with Crippen molar-refractivity contribution in [2.24, 2.45) is 5.92 Å². The lowest BCUT2D eigenvalue weighted by Gasteiger charge is -2.31. The molecule has 2 rings (SSSR count). The van der Waals surface area contributed by atoms with Crippen molar-refractivity contribution in [3.63, 3.8) is 0 Å². The Morgan fingerprint density at radius 2 is 2.19 bits per heavy atom. The first kappa shape index (κ1) is 15.9. The van der Waals surface area contributed by atoms with Gasteiger partial charge >= 0.3 is 0 Å². The molecule has 2 heterocycles. The third kappa shape index (κ3) is 5.10. The Kier molecular flexibility index (Phi) is 6.14. The van der Waals surface area contributed by atoms with Gasteiger partial charge in [0.25, 0.3) is 5.91 Å². The highest BCUT2D eigenvalue weighted by Gasteiger charge is 2.19. The highest BCUT2D eigenvalue weighted by atomic mass is 16.5. The van der Waals surface area contributed by atoms with Gasteiger partial charge in [-0.05, 0) is 50.4 Å². The standard InChI is InChI=1S/C16H25N3O2/c1-13-9-15(12-17-10-13)16(20)18-11-14-3-5-19(6-4-14)7-8-21-2/h9-10,12,14H,3-8,11H2,1-2H3,(H,18,20). The zero-order valence-electron chi connectivity index (χ0n) is 13.0. The Morgan fingerprint density at radius 1 is 1.43 bits per heavy atom. The first-order valence-corrected chi connectivity index (χ1v) is 7.60. The SMILES string of the molecule is COCCN1CCC(CNC(=O)c2cncc(C)c2)CC1. The molecule has 5 heteroatoms. The fourth-order valence-corrected chi connectivity index (χ4v) is 2.65. The molecule has 1 N–H and O–H groups in total. The number of carbonyl (C=O) groups excluding carboxylic acids is 1. The highest BCUT2D eigenvalue weighted by Crippen LogP contribution is 2.16. The zero-order valence-corrected chi connectivity index (χ0v) is 13.0. The number of piperidine rings is 1. The molecule has 0 aromatic carbocycles. The predicted molar refractivity (Wildman–Crippen MR) is 82.3 cm³/mol. The molecule has 1 amide bonds. The van der Waals surface area contributed by atoms with Gasteiger partial charge in [-0.3, -0.25) is 9.78 Å². The summed E-state index contributed by atoms with van der Waals surface area (Å²) in [5, 5.41) is 3.03. The Balaban J connectivity index is 1.71. The van der Waals surface area contributed by atoms with E-state index >= 15 is 0 Å². The van der Waals surface area contributed by atoms with Crippen LogP contribution in [0, 0.1) is 12.8 Å². The molecule has 1 aliphatic heterocycles. The van der Waals surface area contributed by atoms with Crippen LogP contribution < -0.4 is 5.32 Å². The number of hydrogen-bond acceptors (Lipinski definition) is 4. The van der Waals surface area contributed by atoms with Crippen LogP contribution in [0.25, 0.3) is 0 Å². The molecule has 0 aliphatic carbocycles. The van der Waals surface area contributed by atoms with Crippen LogP contribution in [0.5, 0.6) is 0 Å². The summed E-state index contributed by atoms with van der Waals surface area (Å²) >= 11 is 0. The lowest BCUT2D eigenvalue weighted by atomic mass is 9.96. The predicted octanol–water partition coefficient (Wildman–Crippen LogP) is 1.48. The number of amides is 1. The molecule has 5 nitrogen and oxygen atoms in total. The number of carbonyl (C=O) groups is 1. The van der Waals surface area contributed by atoms with Crippen molar-refractivity contribution in [3.8, 4) is 0 Å². The van der Waals surface area contributed by atoms with E-state index in [2.05, 4.69) is 15.2 Å². The number of aromatic nitrogens is 1. The van der Waals surface area contributed by atoms with Crippen molar-refractivity contribution in [3.05, 3.63) is 29.6 Å². The maximum Gasteiger partial charge on any atom is 0.252 e. The number of likely N-dealkylation sites (tertiary alicyclic amines) is 1. The van der Waals surface area contributed by atoms with E-state index in [1.54, 1.807) is 19.5 Å². The van der Waals surface area contributed by atoms with E-state index in [4.69, 9.17) is 4.74 Å². The lowest BCUT2D eigenvalue weighted by molar-refractivity contribution is 0.0925. The molecule has 1 saturated heterocycles. The fraction of sp³-hybridized carbons (Fsp3) is 0.625. The average Bonchev–Trinajstić information content (AvgIpc) is 2.51. The van der Waals surface area contributed by atoms with Crippen LogP contribution in [0.3, 0.4) is 0 Å². The summed E-state index contributed by atoms with van der Waals surface area (Å²) in [6.45, 7) is 6.68. The second kappa shape index (κ2) is 8.10. The van der Waals surface area contributed by atoms with Crippen molar-refractivity contribution in [2.45, 2.75) is 19.8 Å². The molecule has 0 spiro atoms. The van der Waals surface area contributed by atoms with Crippen LogP contribution in [0.4, 0.5) is 0 Å². The minimum absolute atomic E-state index is 0.0204. The number of hydrogen-bond donors (Lipinski definition) is 1. The fourth-order valence-electron chi connectivity index (χ4n) is 2.65. The van der Waals surface area contributed by atoms with Crippen molar-refractivity contribution < 1.29 is 9.53 Å². The summed E-state index contributed by atoms with van der Waals surface area (Å²) < 4.78 is 5.10. The van der Waals surface area contributed by atoms with Crippen LogP contribution in [0.15, 0.2) is 18.5 Å². The van der Waals surface area contributed by atoms with Gasteiger partial charge in [0, 0.05) is 32.6 Å². The molecule has 0 atom stereocenters.